The van der Waals surface area contributed by atoms with Crippen molar-refractivity contribution in [3.8, 4) is 6.07 Å². The topological polar surface area (TPSA) is 78.2 Å². The van der Waals surface area contributed by atoms with Crippen LogP contribution in [0, 0.1) is 11.3 Å². The fraction of sp³-hybridized carbons (Fsp3) is 0.500. The predicted molar refractivity (Wildman–Crippen MR) is 76.1 cm³/mol. The van der Waals surface area contributed by atoms with Crippen LogP contribution in [0.2, 0.25) is 0 Å². The van der Waals surface area contributed by atoms with E-state index in [-0.39, 0.29) is 24.2 Å². The molecule has 0 N–H and O–H groups in total. The Kier molecular flexibility index (Phi) is 4.37. The zero-order chi connectivity index (χ0) is 15.6. The van der Waals surface area contributed by atoms with E-state index in [4.69, 9.17) is 0 Å². The van der Waals surface area contributed by atoms with Crippen molar-refractivity contribution in [3.63, 3.8) is 0 Å². The fourth-order valence-corrected chi connectivity index (χ4v) is 2.94. The Morgan fingerprint density at radius 2 is 1.57 bits per heavy atom. The maximum atomic E-state index is 12.0. The van der Waals surface area contributed by atoms with E-state index in [2.05, 4.69) is 11.0 Å². The third-order valence-electron chi connectivity index (χ3n) is 4.08. The Balaban J connectivity index is 2.46. The van der Waals surface area contributed by atoms with E-state index in [1.165, 1.54) is 0 Å². The van der Waals surface area contributed by atoms with Crippen LogP contribution in [0.1, 0.15) is 39.5 Å². The Hall–Kier alpha value is -2.22. The Bertz CT molecular complexity index is 592. The third kappa shape index (κ3) is 2.94. The van der Waals surface area contributed by atoms with E-state index in [1.807, 2.05) is 6.92 Å². The van der Waals surface area contributed by atoms with E-state index in [9.17, 15) is 19.6 Å². The van der Waals surface area contributed by atoms with Crippen molar-refractivity contribution in [3.05, 3.63) is 22.4 Å². The maximum absolute atomic E-state index is 12.0. The van der Waals surface area contributed by atoms with Crippen LogP contribution in [-0.4, -0.2) is 35.3 Å². The molecule has 2 fully saturated rings. The van der Waals surface area contributed by atoms with Gasteiger partial charge >= 0.3 is 0 Å². The minimum Gasteiger partial charge on any atom is -0.374 e. The van der Waals surface area contributed by atoms with Crippen molar-refractivity contribution < 1.29 is 14.4 Å². The number of hydrogen-bond donors (Lipinski definition) is 0. The van der Waals surface area contributed by atoms with Crippen LogP contribution in [0.15, 0.2) is 22.4 Å². The number of likely N-dealkylation sites (tertiary alicyclic amines) is 1. The van der Waals surface area contributed by atoms with Crippen LogP contribution >= 0.6 is 0 Å². The zero-order valence-electron chi connectivity index (χ0n) is 12.4. The lowest BCUT2D eigenvalue weighted by Gasteiger charge is -2.21. The SMILES string of the molecule is CC(=C1C(=O)CC(=O)CC1=O)/C(C#N)=C(\C)N1CCCC1. The molecule has 0 spiro atoms. The highest BCUT2D eigenvalue weighted by Crippen LogP contribution is 2.26. The maximum Gasteiger partial charge on any atom is 0.174 e. The van der Waals surface area contributed by atoms with Crippen LogP contribution in [0.3, 0.4) is 0 Å². The van der Waals surface area contributed by atoms with Gasteiger partial charge in [0.15, 0.2) is 11.6 Å². The van der Waals surface area contributed by atoms with Gasteiger partial charge in [-0.05, 0) is 32.3 Å². The summed E-state index contributed by atoms with van der Waals surface area (Å²) in [5, 5.41) is 9.42. The summed E-state index contributed by atoms with van der Waals surface area (Å²) >= 11 is 0. The molecule has 0 unspecified atom stereocenters. The van der Waals surface area contributed by atoms with Crippen LogP contribution in [0.5, 0.6) is 0 Å². The molecule has 2 rings (SSSR count). The zero-order valence-corrected chi connectivity index (χ0v) is 12.4. The molecule has 0 bridgehead atoms. The average Bonchev–Trinajstić information content (AvgIpc) is 2.91. The van der Waals surface area contributed by atoms with Gasteiger partial charge in [0.05, 0.1) is 24.0 Å². The molecule has 110 valence electrons. The first kappa shape index (κ1) is 15.2. The molecular weight excluding hydrogens is 268 g/mol. The Morgan fingerprint density at radius 1 is 1.05 bits per heavy atom. The lowest BCUT2D eigenvalue weighted by Crippen LogP contribution is -2.27. The first-order valence-corrected chi connectivity index (χ1v) is 7.11. The van der Waals surface area contributed by atoms with Crippen LogP contribution < -0.4 is 0 Å². The summed E-state index contributed by atoms with van der Waals surface area (Å²) < 4.78 is 0. The van der Waals surface area contributed by atoms with Crippen molar-refractivity contribution in [2.24, 2.45) is 0 Å². The van der Waals surface area contributed by atoms with Gasteiger partial charge in [0, 0.05) is 18.8 Å². The summed E-state index contributed by atoms with van der Waals surface area (Å²) in [7, 11) is 0. The first-order valence-electron chi connectivity index (χ1n) is 7.11. The van der Waals surface area contributed by atoms with Crippen LogP contribution in [-0.2, 0) is 14.4 Å². The van der Waals surface area contributed by atoms with E-state index in [0.717, 1.165) is 31.6 Å². The molecule has 1 saturated heterocycles. The van der Waals surface area contributed by atoms with Crippen molar-refractivity contribution in [2.45, 2.75) is 39.5 Å². The molecule has 1 heterocycles. The molecule has 1 aliphatic carbocycles. The first-order chi connectivity index (χ1) is 9.95. The average molecular weight is 286 g/mol. The largest absolute Gasteiger partial charge is 0.374 e. The van der Waals surface area contributed by atoms with Crippen LogP contribution in [0.25, 0.3) is 0 Å². The second-order valence-corrected chi connectivity index (χ2v) is 5.50. The quantitative estimate of drug-likeness (QED) is 0.334. The summed E-state index contributed by atoms with van der Waals surface area (Å²) in [4.78, 5) is 37.3. The molecule has 0 atom stereocenters. The molecule has 1 saturated carbocycles. The molecule has 2 aliphatic rings. The number of rotatable bonds is 2. The number of allylic oxidation sites excluding steroid dienone is 4. The monoisotopic (exact) mass is 286 g/mol. The Morgan fingerprint density at radius 3 is 2.05 bits per heavy atom. The number of nitriles is 1. The number of carbonyl (C=O) groups excluding carboxylic acids is 3. The fourth-order valence-electron chi connectivity index (χ4n) is 2.94. The van der Waals surface area contributed by atoms with Gasteiger partial charge in [-0.3, -0.25) is 14.4 Å². The molecule has 1 aliphatic heterocycles. The van der Waals surface area contributed by atoms with Crippen molar-refractivity contribution in [2.75, 3.05) is 13.1 Å². The van der Waals surface area contributed by atoms with Crippen molar-refractivity contribution in [1.82, 2.24) is 4.90 Å². The molecule has 0 amide bonds. The van der Waals surface area contributed by atoms with Gasteiger partial charge in [-0.1, -0.05) is 0 Å². The summed E-state index contributed by atoms with van der Waals surface area (Å²) in [6.07, 6.45) is 1.69. The molecule has 0 aromatic heterocycles. The number of hydrogen-bond acceptors (Lipinski definition) is 5. The molecule has 21 heavy (non-hydrogen) atoms. The van der Waals surface area contributed by atoms with E-state index in [0.29, 0.717) is 11.1 Å². The number of ketones is 3. The number of nitrogens with zero attached hydrogens (tertiary/aromatic N) is 2. The van der Waals surface area contributed by atoms with Gasteiger partial charge in [-0.25, -0.2) is 0 Å². The molecule has 5 heteroatoms. The van der Waals surface area contributed by atoms with Gasteiger partial charge < -0.3 is 4.90 Å². The van der Waals surface area contributed by atoms with E-state index in [1.54, 1.807) is 6.92 Å². The van der Waals surface area contributed by atoms with Gasteiger partial charge in [0.2, 0.25) is 0 Å². The summed E-state index contributed by atoms with van der Waals surface area (Å²) in [5.41, 5.74) is 1.62. The van der Waals surface area contributed by atoms with Crippen molar-refractivity contribution >= 4 is 17.3 Å². The minimum absolute atomic E-state index is 0.0321. The second kappa shape index (κ2) is 6.04. The van der Waals surface area contributed by atoms with Crippen LogP contribution in [0.4, 0.5) is 0 Å². The van der Waals surface area contributed by atoms with Gasteiger partial charge in [-0.15, -0.1) is 0 Å². The Labute approximate surface area is 123 Å². The molecule has 0 aromatic rings. The smallest absolute Gasteiger partial charge is 0.174 e. The lowest BCUT2D eigenvalue weighted by molar-refractivity contribution is -0.132. The number of Topliss-reactive ketones (excluding diaryl/α,β-unsaturated/α-hetero) is 3. The second-order valence-electron chi connectivity index (χ2n) is 5.50. The van der Waals surface area contributed by atoms with Crippen molar-refractivity contribution in [1.29, 1.82) is 5.26 Å². The lowest BCUT2D eigenvalue weighted by atomic mass is 9.86. The van der Waals surface area contributed by atoms with E-state index >= 15 is 0 Å². The van der Waals surface area contributed by atoms with Gasteiger partial charge in [0.25, 0.3) is 0 Å². The molecule has 0 radical (unpaired) electrons. The van der Waals surface area contributed by atoms with Gasteiger partial charge in [0.1, 0.15) is 11.9 Å². The molecular formula is C16H18N2O3. The summed E-state index contributed by atoms with van der Waals surface area (Å²) in [6.45, 7) is 5.25. The predicted octanol–water partition coefficient (Wildman–Crippen LogP) is 1.70. The van der Waals surface area contributed by atoms with Gasteiger partial charge in [-0.2, -0.15) is 5.26 Å². The molecule has 5 nitrogen and oxygen atoms in total. The number of carbonyl (C=O) groups is 3. The third-order valence-corrected chi connectivity index (χ3v) is 4.08. The highest BCUT2D eigenvalue weighted by atomic mass is 16.2. The normalized spacial score (nSPS) is 20.5. The minimum atomic E-state index is -0.462. The summed E-state index contributed by atoms with van der Waals surface area (Å²) in [6, 6.07) is 2.12. The van der Waals surface area contributed by atoms with E-state index < -0.39 is 11.6 Å². The summed E-state index contributed by atoms with van der Waals surface area (Å²) in [5.74, 6) is -1.27. The molecule has 0 aromatic carbocycles. The standard InChI is InChI=1S/C16H18N2O3/c1-10(16-14(20)7-12(19)8-15(16)21)13(9-17)11(2)18-5-3-4-6-18/h3-8H2,1-2H3/b13-11+. The highest BCUT2D eigenvalue weighted by Gasteiger charge is 2.31. The highest BCUT2D eigenvalue weighted by molar-refractivity contribution is 6.33.